The summed E-state index contributed by atoms with van der Waals surface area (Å²) in [5.74, 6) is 2.56. The molecule has 8 aromatic rings. The van der Waals surface area contributed by atoms with Crippen LogP contribution in [0.15, 0.2) is 185 Å². The smallest absolute Gasteiger partial charge is 0.161 e. The number of hydrogen-bond acceptors (Lipinski definition) is 2. The van der Waals surface area contributed by atoms with Crippen LogP contribution in [0.5, 0.6) is 11.5 Å². The van der Waals surface area contributed by atoms with Gasteiger partial charge in [0.25, 0.3) is 0 Å². The summed E-state index contributed by atoms with van der Waals surface area (Å²) in [5, 5.41) is 4.77. The molecule has 0 amide bonds. The Morgan fingerprint density at radius 1 is 0.528 bits per heavy atom. The second kappa shape index (κ2) is 13.7. The first-order chi connectivity index (χ1) is 26.2. The van der Waals surface area contributed by atoms with Gasteiger partial charge in [-0.05, 0) is 86.8 Å². The molecule has 0 atom stereocenters. The quantitative estimate of drug-likeness (QED) is 0.122. The molecule has 1 aliphatic carbocycles. The molecule has 0 unspecified atom stereocenters. The van der Waals surface area contributed by atoms with Crippen LogP contribution in [0.2, 0.25) is 0 Å². The predicted octanol–water partition coefficient (Wildman–Crippen LogP) is 12.5. The normalized spacial score (nSPS) is 12.2. The minimum Gasteiger partial charge on any atom is -0.456 e. The zero-order valence-electron chi connectivity index (χ0n) is 29.3. The van der Waals surface area contributed by atoms with Gasteiger partial charge in [-0.25, -0.2) is 9.98 Å². The molecule has 0 heterocycles. The van der Waals surface area contributed by atoms with Crippen LogP contribution >= 0.6 is 0 Å². The van der Waals surface area contributed by atoms with Crippen LogP contribution in [-0.4, -0.2) is 18.4 Å². The van der Waals surface area contributed by atoms with Crippen molar-refractivity contribution in [3.05, 3.63) is 192 Å². The maximum absolute atomic E-state index is 6.81. The first kappa shape index (κ1) is 32.0. The Labute approximate surface area is 309 Å². The number of amidine groups is 2. The molecule has 0 aliphatic heterocycles. The highest BCUT2D eigenvalue weighted by Gasteiger charge is 2.23. The van der Waals surface area contributed by atoms with Crippen LogP contribution in [0.3, 0.4) is 0 Å². The fourth-order valence-electron chi connectivity index (χ4n) is 7.46. The average Bonchev–Trinajstić information content (AvgIpc) is 3.54. The average molecular weight is 682 g/mol. The van der Waals surface area contributed by atoms with Gasteiger partial charge in [0.1, 0.15) is 11.5 Å². The van der Waals surface area contributed by atoms with E-state index < -0.39 is 0 Å². The lowest BCUT2D eigenvalue weighted by atomic mass is 9.94. The van der Waals surface area contributed by atoms with E-state index in [-0.39, 0.29) is 0 Å². The van der Waals surface area contributed by atoms with Gasteiger partial charge in [0, 0.05) is 22.3 Å². The first-order valence-electron chi connectivity index (χ1n) is 17.8. The van der Waals surface area contributed by atoms with E-state index in [2.05, 4.69) is 121 Å². The summed E-state index contributed by atoms with van der Waals surface area (Å²) in [6, 6.07) is 58.8. The van der Waals surface area contributed by atoms with E-state index in [1.54, 1.807) is 0 Å². The molecule has 8 aromatic carbocycles. The standard InChI is InChI=1S/C49H35N3O/c1-32-37(49(50-2)52-48(51-31-33-14-4-3-5-15-33)36-27-26-34-16-6-7-17-35(34)30-36)21-13-25-45(32)53-46-24-11-10-20-41(46)40-28-29-44-39-19-9-8-18-38(39)42-22-12-23-43(40)47(42)44/h3-30H,2,31H2,1H3. The Morgan fingerprint density at radius 2 is 1.17 bits per heavy atom. The van der Waals surface area contributed by atoms with Crippen molar-refractivity contribution in [1.29, 1.82) is 0 Å². The Morgan fingerprint density at radius 3 is 1.98 bits per heavy atom. The molecule has 9 rings (SSSR count). The molecular weight excluding hydrogens is 647 g/mol. The van der Waals surface area contributed by atoms with E-state index in [4.69, 9.17) is 14.7 Å². The van der Waals surface area contributed by atoms with Gasteiger partial charge in [-0.2, -0.15) is 0 Å². The second-order valence-electron chi connectivity index (χ2n) is 13.2. The molecule has 0 N–H and O–H groups in total. The van der Waals surface area contributed by atoms with E-state index in [1.165, 1.54) is 33.0 Å². The Bertz CT molecular complexity index is 2730. The third-order valence-corrected chi connectivity index (χ3v) is 10.1. The van der Waals surface area contributed by atoms with Crippen molar-refractivity contribution in [2.45, 2.75) is 13.5 Å². The van der Waals surface area contributed by atoms with Gasteiger partial charge in [0.05, 0.1) is 6.54 Å². The van der Waals surface area contributed by atoms with Crippen LogP contribution in [0.4, 0.5) is 0 Å². The van der Waals surface area contributed by atoms with Crippen LogP contribution < -0.4 is 4.74 Å². The van der Waals surface area contributed by atoms with Crippen LogP contribution in [0, 0.1) is 6.92 Å². The van der Waals surface area contributed by atoms with Crippen molar-refractivity contribution in [3.8, 4) is 44.9 Å². The van der Waals surface area contributed by atoms with Crippen LogP contribution in [0.1, 0.15) is 22.3 Å². The summed E-state index contributed by atoms with van der Waals surface area (Å²) in [5.41, 5.74) is 11.0. The van der Waals surface area contributed by atoms with Gasteiger partial charge < -0.3 is 4.74 Å². The van der Waals surface area contributed by atoms with Crippen molar-refractivity contribution in [3.63, 3.8) is 0 Å². The largest absolute Gasteiger partial charge is 0.456 e. The first-order valence-corrected chi connectivity index (χ1v) is 17.8. The van der Waals surface area contributed by atoms with E-state index >= 15 is 0 Å². The molecule has 0 aromatic heterocycles. The lowest BCUT2D eigenvalue weighted by molar-refractivity contribution is 0.480. The molecule has 0 radical (unpaired) electrons. The Kier molecular flexibility index (Phi) is 8.26. The molecule has 252 valence electrons. The summed E-state index contributed by atoms with van der Waals surface area (Å²) in [6.07, 6.45) is 0. The van der Waals surface area contributed by atoms with Crippen LogP contribution in [0.25, 0.3) is 54.9 Å². The molecule has 53 heavy (non-hydrogen) atoms. The maximum Gasteiger partial charge on any atom is 0.161 e. The van der Waals surface area contributed by atoms with Crippen molar-refractivity contribution in [2.75, 3.05) is 0 Å². The number of nitrogens with zero attached hydrogens (tertiary/aromatic N) is 3. The summed E-state index contributed by atoms with van der Waals surface area (Å²) >= 11 is 0. The number of fused-ring (bicyclic) bond motifs is 4. The zero-order valence-corrected chi connectivity index (χ0v) is 29.3. The third kappa shape index (κ3) is 5.90. The van der Waals surface area contributed by atoms with Gasteiger partial charge >= 0.3 is 0 Å². The summed E-state index contributed by atoms with van der Waals surface area (Å²) < 4.78 is 6.81. The maximum atomic E-state index is 6.81. The van der Waals surface area contributed by atoms with Gasteiger partial charge in [0.15, 0.2) is 11.7 Å². The summed E-state index contributed by atoms with van der Waals surface area (Å²) in [7, 11) is 0. The van der Waals surface area contributed by atoms with Gasteiger partial charge in [-0.1, -0.05) is 152 Å². The lowest BCUT2D eigenvalue weighted by Crippen LogP contribution is -2.07. The van der Waals surface area contributed by atoms with Gasteiger partial charge in [-0.3, -0.25) is 4.99 Å². The molecule has 4 nitrogen and oxygen atoms in total. The number of para-hydroxylation sites is 1. The van der Waals surface area contributed by atoms with Crippen molar-refractivity contribution in [1.82, 2.24) is 0 Å². The van der Waals surface area contributed by atoms with E-state index in [1.807, 2.05) is 67.6 Å². The highest BCUT2D eigenvalue weighted by Crippen LogP contribution is 2.50. The summed E-state index contributed by atoms with van der Waals surface area (Å²) in [4.78, 5) is 14.6. The molecular formula is C49H35N3O. The molecule has 1 aliphatic rings. The topological polar surface area (TPSA) is 46.3 Å². The number of benzene rings is 8. The summed E-state index contributed by atoms with van der Waals surface area (Å²) in [6.45, 7) is 6.48. The predicted molar refractivity (Wildman–Crippen MR) is 222 cm³/mol. The highest BCUT2D eigenvalue weighted by molar-refractivity contribution is 6.19. The van der Waals surface area contributed by atoms with E-state index in [9.17, 15) is 0 Å². The molecule has 0 spiro atoms. The fourth-order valence-corrected chi connectivity index (χ4v) is 7.46. The van der Waals surface area contributed by atoms with Gasteiger partial charge in [0.2, 0.25) is 0 Å². The molecule has 0 bridgehead atoms. The minimum atomic E-state index is 0.480. The van der Waals surface area contributed by atoms with E-state index in [0.29, 0.717) is 18.2 Å². The van der Waals surface area contributed by atoms with Crippen molar-refractivity contribution >= 4 is 39.9 Å². The minimum absolute atomic E-state index is 0.480. The number of ether oxygens (including phenoxy) is 1. The Balaban J connectivity index is 1.10. The SMILES string of the molecule is C=NC(=NC(=NCc1ccccc1)c1ccc2ccccc2c1)c1cccc(Oc2ccccc2-c2ccc3c4c(cccc24)-c2ccccc2-3)c1C. The van der Waals surface area contributed by atoms with Crippen LogP contribution in [-0.2, 0) is 6.54 Å². The lowest BCUT2D eigenvalue weighted by Gasteiger charge is -2.17. The van der Waals surface area contributed by atoms with E-state index in [0.717, 1.165) is 55.7 Å². The molecule has 0 saturated heterocycles. The van der Waals surface area contributed by atoms with Crippen molar-refractivity contribution < 1.29 is 4.74 Å². The number of rotatable bonds is 7. The number of aliphatic imine (C=N–C) groups is 3. The molecule has 4 heteroatoms. The second-order valence-corrected chi connectivity index (χ2v) is 13.2. The third-order valence-electron chi connectivity index (χ3n) is 10.1. The van der Waals surface area contributed by atoms with Gasteiger partial charge in [-0.15, -0.1) is 0 Å². The molecule has 0 saturated carbocycles. The highest BCUT2D eigenvalue weighted by atomic mass is 16.5. The zero-order chi connectivity index (χ0) is 35.7. The number of hydrogen-bond donors (Lipinski definition) is 0. The fraction of sp³-hybridized carbons (Fsp3) is 0.0408. The molecule has 0 fully saturated rings. The van der Waals surface area contributed by atoms with Crippen molar-refractivity contribution in [2.24, 2.45) is 15.0 Å². The Hall–Kier alpha value is -6.91. The monoisotopic (exact) mass is 681 g/mol.